The van der Waals surface area contributed by atoms with Crippen molar-refractivity contribution in [1.29, 1.82) is 0 Å². The lowest BCUT2D eigenvalue weighted by Gasteiger charge is -2.24. The summed E-state index contributed by atoms with van der Waals surface area (Å²) in [6.07, 6.45) is 4.35. The number of rotatable bonds is 4. The van der Waals surface area contributed by atoms with Crippen molar-refractivity contribution in [3.63, 3.8) is 0 Å². The van der Waals surface area contributed by atoms with E-state index >= 15 is 0 Å². The third-order valence-corrected chi connectivity index (χ3v) is 3.98. The van der Waals surface area contributed by atoms with Gasteiger partial charge >= 0.3 is 0 Å². The van der Waals surface area contributed by atoms with E-state index in [1.165, 1.54) is 12.1 Å². The number of hydrogen-bond acceptors (Lipinski definition) is 3. The number of amides is 1. The Bertz CT molecular complexity index is 709. The molecule has 1 amide bonds. The molecular weight excluding hydrogens is 302 g/mol. The summed E-state index contributed by atoms with van der Waals surface area (Å²) < 4.78 is 28.4. The van der Waals surface area contributed by atoms with Crippen molar-refractivity contribution < 1.29 is 13.6 Å². The van der Waals surface area contributed by atoms with Crippen LogP contribution in [0.15, 0.2) is 24.4 Å². The monoisotopic (exact) mass is 320 g/mol. The molecule has 0 saturated carbocycles. The van der Waals surface area contributed by atoms with Gasteiger partial charge in [0.2, 0.25) is 5.91 Å². The Kier molecular flexibility index (Phi) is 4.38. The van der Waals surface area contributed by atoms with Crippen LogP contribution in [0.3, 0.4) is 0 Å². The maximum Gasteiger partial charge on any atom is 0.221 e. The van der Waals surface area contributed by atoms with Gasteiger partial charge < -0.3 is 11.1 Å². The molecule has 1 aliphatic rings. The molecular formula is C16H18F2N4O. The van der Waals surface area contributed by atoms with Crippen LogP contribution in [0.25, 0.3) is 5.69 Å². The molecule has 0 bridgehead atoms. The first-order valence-corrected chi connectivity index (χ1v) is 7.61. The van der Waals surface area contributed by atoms with Crippen LogP contribution in [0.1, 0.15) is 36.6 Å². The lowest BCUT2D eigenvalue weighted by atomic mass is 9.92. The largest absolute Gasteiger partial charge is 0.349 e. The fourth-order valence-corrected chi connectivity index (χ4v) is 2.99. The number of aromatic nitrogens is 2. The zero-order chi connectivity index (χ0) is 16.4. The van der Waals surface area contributed by atoms with Crippen LogP contribution in [0.4, 0.5) is 8.78 Å². The summed E-state index contributed by atoms with van der Waals surface area (Å²) in [4.78, 5) is 11.8. The van der Waals surface area contributed by atoms with Gasteiger partial charge in [-0.25, -0.2) is 13.5 Å². The van der Waals surface area contributed by atoms with Crippen LogP contribution < -0.4 is 11.1 Å². The summed E-state index contributed by atoms with van der Waals surface area (Å²) >= 11 is 0. The summed E-state index contributed by atoms with van der Waals surface area (Å²) in [5.41, 5.74) is 7.50. The Morgan fingerprint density at radius 3 is 2.78 bits per heavy atom. The molecule has 1 aromatic carbocycles. The number of nitrogens with two attached hydrogens (primary N) is 1. The molecule has 5 nitrogen and oxygen atoms in total. The highest BCUT2D eigenvalue weighted by Crippen LogP contribution is 2.31. The molecule has 3 N–H and O–H groups in total. The van der Waals surface area contributed by atoms with Crippen molar-refractivity contribution >= 4 is 5.91 Å². The van der Waals surface area contributed by atoms with E-state index in [4.69, 9.17) is 5.73 Å². The molecule has 1 aromatic heterocycles. The normalized spacial score (nSPS) is 16.9. The van der Waals surface area contributed by atoms with Crippen molar-refractivity contribution in [1.82, 2.24) is 15.1 Å². The van der Waals surface area contributed by atoms with E-state index in [-0.39, 0.29) is 18.4 Å². The molecule has 3 rings (SSSR count). The van der Waals surface area contributed by atoms with Gasteiger partial charge in [-0.3, -0.25) is 4.79 Å². The van der Waals surface area contributed by atoms with Crippen molar-refractivity contribution in [2.75, 3.05) is 6.54 Å². The van der Waals surface area contributed by atoms with Crippen molar-refractivity contribution in [2.45, 2.75) is 31.7 Å². The van der Waals surface area contributed by atoms with Gasteiger partial charge in [0.1, 0.15) is 11.6 Å². The van der Waals surface area contributed by atoms with Crippen LogP contribution in [0.2, 0.25) is 0 Å². The fourth-order valence-electron chi connectivity index (χ4n) is 2.99. The van der Waals surface area contributed by atoms with Crippen molar-refractivity contribution in [3.05, 3.63) is 47.3 Å². The lowest BCUT2D eigenvalue weighted by molar-refractivity contribution is -0.121. The van der Waals surface area contributed by atoms with Gasteiger partial charge in [0.05, 0.1) is 17.9 Å². The Morgan fingerprint density at radius 1 is 1.35 bits per heavy atom. The number of halogens is 2. The number of hydrogen-bond donors (Lipinski definition) is 2. The maximum absolute atomic E-state index is 13.4. The molecule has 122 valence electrons. The van der Waals surface area contributed by atoms with Gasteiger partial charge in [-0.05, 0) is 31.4 Å². The Hall–Kier alpha value is -2.28. The van der Waals surface area contributed by atoms with Crippen molar-refractivity contribution in [3.8, 4) is 5.69 Å². The number of carbonyl (C=O) groups excluding carboxylic acids is 1. The molecule has 7 heteroatoms. The molecule has 1 unspecified atom stereocenters. The molecule has 0 fully saturated rings. The highest BCUT2D eigenvalue weighted by molar-refractivity contribution is 5.76. The van der Waals surface area contributed by atoms with E-state index in [2.05, 4.69) is 10.4 Å². The molecule has 0 spiro atoms. The number of nitrogens with zero attached hydrogens (tertiary/aromatic N) is 2. The van der Waals surface area contributed by atoms with E-state index in [0.717, 1.165) is 36.6 Å². The number of benzene rings is 1. The molecule has 1 atom stereocenters. The first-order valence-electron chi connectivity index (χ1n) is 7.61. The molecule has 0 saturated heterocycles. The standard InChI is InChI=1S/C16H18F2N4O/c17-10-6-11(18)8-12(7-10)22-15-3-1-2-14(13(15)9-20-22)21-16(23)4-5-19/h6-9,14H,1-5,19H2,(H,21,23). The summed E-state index contributed by atoms with van der Waals surface area (Å²) in [7, 11) is 0. The zero-order valence-corrected chi connectivity index (χ0v) is 12.6. The quantitative estimate of drug-likeness (QED) is 0.905. The maximum atomic E-state index is 13.4. The average molecular weight is 320 g/mol. The zero-order valence-electron chi connectivity index (χ0n) is 12.6. The van der Waals surface area contributed by atoms with Crippen LogP contribution in [-0.4, -0.2) is 22.2 Å². The van der Waals surface area contributed by atoms with E-state index in [0.29, 0.717) is 12.2 Å². The predicted octanol–water partition coefficient (Wildman–Crippen LogP) is 1.99. The van der Waals surface area contributed by atoms with Gasteiger partial charge in [-0.2, -0.15) is 5.10 Å². The van der Waals surface area contributed by atoms with Gasteiger partial charge in [0, 0.05) is 30.3 Å². The molecule has 0 aliphatic heterocycles. The lowest BCUT2D eigenvalue weighted by Crippen LogP contribution is -2.32. The summed E-state index contributed by atoms with van der Waals surface area (Å²) in [6.45, 7) is 0.299. The minimum absolute atomic E-state index is 0.102. The first kappa shape index (κ1) is 15.6. The van der Waals surface area contributed by atoms with Crippen LogP contribution >= 0.6 is 0 Å². The van der Waals surface area contributed by atoms with Gasteiger partial charge in [0.15, 0.2) is 0 Å². The van der Waals surface area contributed by atoms with Gasteiger partial charge in [-0.15, -0.1) is 0 Å². The number of carbonyl (C=O) groups is 1. The van der Waals surface area contributed by atoms with Gasteiger partial charge in [-0.1, -0.05) is 0 Å². The highest BCUT2D eigenvalue weighted by atomic mass is 19.1. The summed E-state index contributed by atoms with van der Waals surface area (Å²) in [5.74, 6) is -1.39. The molecule has 2 aromatic rings. The van der Waals surface area contributed by atoms with Crippen LogP contribution in [0.5, 0.6) is 0 Å². The average Bonchev–Trinajstić information content (AvgIpc) is 2.91. The molecule has 0 radical (unpaired) electrons. The van der Waals surface area contributed by atoms with E-state index in [9.17, 15) is 13.6 Å². The summed E-state index contributed by atoms with van der Waals surface area (Å²) in [5, 5.41) is 7.20. The smallest absolute Gasteiger partial charge is 0.221 e. The minimum atomic E-state index is -0.646. The third kappa shape index (κ3) is 3.24. The fraction of sp³-hybridized carbons (Fsp3) is 0.375. The summed E-state index contributed by atoms with van der Waals surface area (Å²) in [6, 6.07) is 3.18. The SMILES string of the molecule is NCCC(=O)NC1CCCc2c1cnn2-c1cc(F)cc(F)c1. The topological polar surface area (TPSA) is 72.9 Å². The van der Waals surface area contributed by atoms with Crippen LogP contribution in [0, 0.1) is 11.6 Å². The molecule has 1 aliphatic carbocycles. The number of fused-ring (bicyclic) bond motifs is 1. The second-order valence-corrected chi connectivity index (χ2v) is 5.64. The Morgan fingerprint density at radius 2 is 2.09 bits per heavy atom. The van der Waals surface area contributed by atoms with Crippen molar-refractivity contribution in [2.24, 2.45) is 5.73 Å². The Labute approximate surface area is 132 Å². The highest BCUT2D eigenvalue weighted by Gasteiger charge is 2.26. The molecule has 23 heavy (non-hydrogen) atoms. The minimum Gasteiger partial charge on any atom is -0.349 e. The first-order chi connectivity index (χ1) is 11.1. The molecule has 1 heterocycles. The number of nitrogens with one attached hydrogen (secondary N) is 1. The van der Waals surface area contributed by atoms with E-state index in [1.807, 2.05) is 0 Å². The second kappa shape index (κ2) is 6.45. The van der Waals surface area contributed by atoms with E-state index < -0.39 is 11.6 Å². The van der Waals surface area contributed by atoms with Crippen LogP contribution in [-0.2, 0) is 11.2 Å². The predicted molar refractivity (Wildman–Crippen MR) is 81.0 cm³/mol. The Balaban J connectivity index is 1.92. The third-order valence-electron chi connectivity index (χ3n) is 3.98. The second-order valence-electron chi connectivity index (χ2n) is 5.64. The van der Waals surface area contributed by atoms with E-state index in [1.54, 1.807) is 10.9 Å². The van der Waals surface area contributed by atoms with Gasteiger partial charge in [0.25, 0.3) is 0 Å².